The predicted octanol–water partition coefficient (Wildman–Crippen LogP) is 4.24. The molecule has 0 aromatic carbocycles. The Balaban J connectivity index is 1.36. The molecule has 0 spiro atoms. The van der Waals surface area contributed by atoms with Crippen molar-refractivity contribution in [3.63, 3.8) is 0 Å². The lowest BCUT2D eigenvalue weighted by Crippen LogP contribution is -2.29. The van der Waals surface area contributed by atoms with Crippen LogP contribution in [0.15, 0.2) is 22.9 Å². The number of hydrogen-bond acceptors (Lipinski definition) is 7. The molecule has 1 amide bonds. The Bertz CT molecular complexity index is 936. The highest BCUT2D eigenvalue weighted by Crippen LogP contribution is 2.30. The summed E-state index contributed by atoms with van der Waals surface area (Å²) in [6.07, 6.45) is 7.94. The highest BCUT2D eigenvalue weighted by atomic mass is 16.6. The molecule has 2 aromatic heterocycles. The summed E-state index contributed by atoms with van der Waals surface area (Å²) in [4.78, 5) is 27.8. The average Bonchev–Trinajstić information content (AvgIpc) is 3.42. The van der Waals surface area contributed by atoms with Crippen LogP contribution < -0.4 is 10.1 Å². The molecule has 2 heterocycles. The quantitative estimate of drug-likeness (QED) is 0.651. The number of carbonyl (C=O) groups is 2. The van der Waals surface area contributed by atoms with Crippen LogP contribution in [-0.4, -0.2) is 39.5 Å². The van der Waals surface area contributed by atoms with Crippen molar-refractivity contribution in [2.75, 3.05) is 0 Å². The first-order chi connectivity index (χ1) is 15.5. The number of amides is 1. The van der Waals surface area contributed by atoms with E-state index in [1.165, 1.54) is 0 Å². The van der Waals surface area contributed by atoms with E-state index < -0.39 is 12.1 Å². The Morgan fingerprint density at radius 2 is 1.94 bits per heavy atom. The third-order valence-electron chi connectivity index (χ3n) is 6.22. The zero-order chi connectivity index (χ0) is 22.5. The van der Waals surface area contributed by atoms with Crippen molar-refractivity contribution >= 4 is 12.1 Å². The summed E-state index contributed by atoms with van der Waals surface area (Å²) in [6, 6.07) is 3.56. The minimum atomic E-state index is -0.763. The molecular formula is C23H29N3O6. The van der Waals surface area contributed by atoms with E-state index in [0.29, 0.717) is 35.7 Å². The van der Waals surface area contributed by atoms with E-state index >= 15 is 0 Å². The van der Waals surface area contributed by atoms with Gasteiger partial charge in [-0.2, -0.15) is 0 Å². The Morgan fingerprint density at radius 3 is 2.66 bits per heavy atom. The number of rotatable bonds is 7. The van der Waals surface area contributed by atoms with Crippen LogP contribution in [0.1, 0.15) is 62.6 Å². The number of carbonyl (C=O) groups excluding carboxylic acids is 1. The summed E-state index contributed by atoms with van der Waals surface area (Å²) in [5.41, 5.74) is 1.99. The van der Waals surface area contributed by atoms with Gasteiger partial charge in [-0.25, -0.2) is 9.78 Å². The van der Waals surface area contributed by atoms with Gasteiger partial charge in [0.2, 0.25) is 0 Å². The van der Waals surface area contributed by atoms with E-state index in [-0.39, 0.29) is 24.7 Å². The molecule has 0 bridgehead atoms. The second-order valence-electron chi connectivity index (χ2n) is 8.56. The maximum absolute atomic E-state index is 12.1. The van der Waals surface area contributed by atoms with Gasteiger partial charge >= 0.3 is 12.1 Å². The van der Waals surface area contributed by atoms with Crippen LogP contribution in [0.25, 0.3) is 11.5 Å². The van der Waals surface area contributed by atoms with Crippen LogP contribution >= 0.6 is 0 Å². The lowest BCUT2D eigenvalue weighted by molar-refractivity contribution is -0.143. The zero-order valence-corrected chi connectivity index (χ0v) is 18.2. The molecule has 0 unspecified atom stereocenters. The minimum absolute atomic E-state index is 0.00203. The molecule has 0 aliphatic heterocycles. The standard InChI is InChI=1S/C23H29N3O6/c1-14-19(13-25-23(29)31-16-6-2-3-7-16)21(32-26-14)20-10-9-18(12-24-20)30-17-8-4-5-15(11-17)22(27)28/h9-10,12,15-17H,2-8,11,13H2,1H3,(H,25,29)(H,27,28)/t15-,17-/m0/s1. The van der Waals surface area contributed by atoms with E-state index in [1.807, 2.05) is 6.92 Å². The molecule has 32 heavy (non-hydrogen) atoms. The van der Waals surface area contributed by atoms with Crippen molar-refractivity contribution < 1.29 is 28.7 Å². The summed E-state index contributed by atoms with van der Waals surface area (Å²) in [7, 11) is 0. The largest absolute Gasteiger partial charge is 0.489 e. The van der Waals surface area contributed by atoms with Crippen molar-refractivity contribution in [3.8, 4) is 17.2 Å². The molecule has 2 aliphatic rings. The van der Waals surface area contributed by atoms with Gasteiger partial charge in [0.15, 0.2) is 5.76 Å². The molecule has 2 fully saturated rings. The molecule has 2 aliphatic carbocycles. The summed E-state index contributed by atoms with van der Waals surface area (Å²) in [5, 5.41) is 16.0. The smallest absolute Gasteiger partial charge is 0.407 e. The number of carboxylic acid groups (broad SMARTS) is 1. The average molecular weight is 444 g/mol. The zero-order valence-electron chi connectivity index (χ0n) is 18.2. The Hall–Kier alpha value is -3.10. The molecule has 2 N–H and O–H groups in total. The van der Waals surface area contributed by atoms with E-state index in [4.69, 9.17) is 14.0 Å². The van der Waals surface area contributed by atoms with Gasteiger partial charge < -0.3 is 24.4 Å². The molecule has 9 heteroatoms. The first-order valence-corrected chi connectivity index (χ1v) is 11.2. The highest BCUT2D eigenvalue weighted by Gasteiger charge is 2.28. The molecule has 2 aromatic rings. The molecular weight excluding hydrogens is 414 g/mol. The van der Waals surface area contributed by atoms with Gasteiger partial charge in [0.25, 0.3) is 0 Å². The summed E-state index contributed by atoms with van der Waals surface area (Å²) in [6.45, 7) is 2.04. The number of alkyl carbamates (subject to hydrolysis) is 1. The number of carboxylic acids is 1. The third kappa shape index (κ3) is 5.38. The Morgan fingerprint density at radius 1 is 1.16 bits per heavy atom. The molecule has 9 nitrogen and oxygen atoms in total. The van der Waals surface area contributed by atoms with Crippen LogP contribution in [0, 0.1) is 12.8 Å². The number of pyridine rings is 1. The number of aromatic nitrogens is 2. The minimum Gasteiger partial charge on any atom is -0.489 e. The first-order valence-electron chi connectivity index (χ1n) is 11.2. The SMILES string of the molecule is Cc1noc(-c2ccc(O[C@H]3CCC[C@H](C(=O)O)C3)cn2)c1CNC(=O)OC1CCCC1. The molecule has 0 radical (unpaired) electrons. The van der Waals surface area contributed by atoms with E-state index in [2.05, 4.69) is 15.5 Å². The summed E-state index contributed by atoms with van der Waals surface area (Å²) >= 11 is 0. The van der Waals surface area contributed by atoms with Crippen molar-refractivity contribution in [3.05, 3.63) is 29.6 Å². The van der Waals surface area contributed by atoms with Gasteiger partial charge in [0, 0.05) is 5.56 Å². The molecule has 4 rings (SSSR count). The topological polar surface area (TPSA) is 124 Å². The molecule has 2 atom stereocenters. The van der Waals surface area contributed by atoms with Crippen LogP contribution in [0.3, 0.4) is 0 Å². The number of aryl methyl sites for hydroxylation is 1. The molecule has 2 saturated carbocycles. The number of nitrogens with zero attached hydrogens (tertiary/aromatic N) is 2. The lowest BCUT2D eigenvalue weighted by atomic mass is 9.87. The fourth-order valence-corrected chi connectivity index (χ4v) is 4.41. The number of aliphatic carboxylic acids is 1. The Kier molecular flexibility index (Phi) is 6.92. The third-order valence-corrected chi connectivity index (χ3v) is 6.22. The van der Waals surface area contributed by atoms with Crippen molar-refractivity contribution in [1.29, 1.82) is 0 Å². The van der Waals surface area contributed by atoms with Crippen LogP contribution in [0.5, 0.6) is 5.75 Å². The van der Waals surface area contributed by atoms with Crippen LogP contribution in [-0.2, 0) is 16.1 Å². The van der Waals surface area contributed by atoms with Crippen LogP contribution in [0.4, 0.5) is 4.79 Å². The fraction of sp³-hybridized carbons (Fsp3) is 0.565. The summed E-state index contributed by atoms with van der Waals surface area (Å²) < 4.78 is 16.9. The van der Waals surface area contributed by atoms with Crippen molar-refractivity contribution in [2.24, 2.45) is 5.92 Å². The fourth-order valence-electron chi connectivity index (χ4n) is 4.41. The normalized spacial score (nSPS) is 21.3. The van der Waals surface area contributed by atoms with Gasteiger partial charge in [-0.15, -0.1) is 0 Å². The Labute approximate surface area is 186 Å². The van der Waals surface area contributed by atoms with Crippen LogP contribution in [0.2, 0.25) is 0 Å². The van der Waals surface area contributed by atoms with E-state index in [1.54, 1.807) is 18.3 Å². The molecule has 172 valence electrons. The highest BCUT2D eigenvalue weighted by molar-refractivity contribution is 5.70. The lowest BCUT2D eigenvalue weighted by Gasteiger charge is -2.27. The monoisotopic (exact) mass is 443 g/mol. The van der Waals surface area contributed by atoms with Gasteiger partial charge in [-0.3, -0.25) is 4.79 Å². The van der Waals surface area contributed by atoms with Gasteiger partial charge in [0.05, 0.1) is 30.5 Å². The molecule has 0 saturated heterocycles. The maximum atomic E-state index is 12.1. The maximum Gasteiger partial charge on any atom is 0.407 e. The number of hydrogen-bond donors (Lipinski definition) is 2. The predicted molar refractivity (Wildman–Crippen MR) is 114 cm³/mol. The summed E-state index contributed by atoms with van der Waals surface area (Å²) in [5.74, 6) is -0.0473. The first kappa shape index (κ1) is 22.1. The van der Waals surface area contributed by atoms with Crippen molar-refractivity contribution in [1.82, 2.24) is 15.5 Å². The van der Waals surface area contributed by atoms with Gasteiger partial charge in [-0.1, -0.05) is 5.16 Å². The second-order valence-corrected chi connectivity index (χ2v) is 8.56. The van der Waals surface area contributed by atoms with Gasteiger partial charge in [-0.05, 0) is 70.4 Å². The van der Waals surface area contributed by atoms with Crippen molar-refractivity contribution in [2.45, 2.75) is 77.0 Å². The van der Waals surface area contributed by atoms with E-state index in [9.17, 15) is 14.7 Å². The number of nitrogens with one attached hydrogen (secondary N) is 1. The van der Waals surface area contributed by atoms with Gasteiger partial charge in [0.1, 0.15) is 17.5 Å². The van der Waals surface area contributed by atoms with E-state index in [0.717, 1.165) is 44.1 Å². The number of ether oxygens (including phenoxy) is 2. The second kappa shape index (κ2) is 10.0.